The zero-order chi connectivity index (χ0) is 20.6. The van der Waals surface area contributed by atoms with Crippen molar-refractivity contribution in [1.82, 2.24) is 10.2 Å². The van der Waals surface area contributed by atoms with Gasteiger partial charge in [0, 0.05) is 30.8 Å². The molecule has 5 nitrogen and oxygen atoms in total. The van der Waals surface area contributed by atoms with Gasteiger partial charge in [0.25, 0.3) is 0 Å². The zero-order valence-corrected chi connectivity index (χ0v) is 16.4. The van der Waals surface area contributed by atoms with Crippen molar-refractivity contribution in [2.45, 2.75) is 25.3 Å². The molecule has 1 heterocycles. The predicted octanol–water partition coefficient (Wildman–Crippen LogP) is 3.20. The standard InChI is InChI=1S/C23H25FN2O3/c1-29-21-8-3-2-6-18(21)16-23(28)26-13-11-20(12-14-26)25-22(27)10-9-17-5-4-7-19(24)15-17/h2-10,15,20H,11-14,16H2,1H3,(H,25,27). The average Bonchev–Trinajstić information content (AvgIpc) is 2.73. The summed E-state index contributed by atoms with van der Waals surface area (Å²) in [5.41, 5.74) is 1.51. The fraction of sp³-hybridized carbons (Fsp3) is 0.304. The molecular formula is C23H25FN2O3. The molecule has 0 saturated carbocycles. The largest absolute Gasteiger partial charge is 0.496 e. The molecule has 6 heteroatoms. The number of halogens is 1. The lowest BCUT2D eigenvalue weighted by atomic mass is 10.0. The Hall–Kier alpha value is -3.15. The van der Waals surface area contributed by atoms with E-state index in [1.807, 2.05) is 29.2 Å². The second kappa shape index (κ2) is 9.87. The van der Waals surface area contributed by atoms with Crippen molar-refractivity contribution in [3.63, 3.8) is 0 Å². The van der Waals surface area contributed by atoms with Crippen LogP contribution in [-0.2, 0) is 16.0 Å². The number of likely N-dealkylation sites (tertiary alicyclic amines) is 1. The minimum atomic E-state index is -0.335. The molecule has 2 aromatic rings. The van der Waals surface area contributed by atoms with Gasteiger partial charge in [-0.2, -0.15) is 0 Å². The minimum absolute atomic E-state index is 0.0231. The van der Waals surface area contributed by atoms with Crippen molar-refractivity contribution in [1.29, 1.82) is 0 Å². The van der Waals surface area contributed by atoms with Gasteiger partial charge in [0.2, 0.25) is 11.8 Å². The SMILES string of the molecule is COc1ccccc1CC(=O)N1CCC(NC(=O)C=Cc2cccc(F)c2)CC1. The molecular weight excluding hydrogens is 371 g/mol. The molecule has 0 bridgehead atoms. The number of ether oxygens (including phenoxy) is 1. The second-order valence-corrected chi connectivity index (χ2v) is 7.04. The van der Waals surface area contributed by atoms with E-state index in [1.165, 1.54) is 18.2 Å². The number of amides is 2. The first-order valence-electron chi connectivity index (χ1n) is 9.69. The van der Waals surface area contributed by atoms with E-state index in [1.54, 1.807) is 25.3 Å². The van der Waals surface area contributed by atoms with Crippen molar-refractivity contribution in [3.8, 4) is 5.75 Å². The van der Waals surface area contributed by atoms with Gasteiger partial charge in [-0.15, -0.1) is 0 Å². The predicted molar refractivity (Wildman–Crippen MR) is 110 cm³/mol. The molecule has 0 atom stereocenters. The van der Waals surface area contributed by atoms with Crippen LogP contribution in [0.3, 0.4) is 0 Å². The van der Waals surface area contributed by atoms with E-state index in [9.17, 15) is 14.0 Å². The quantitative estimate of drug-likeness (QED) is 0.763. The van der Waals surface area contributed by atoms with Gasteiger partial charge in [0.1, 0.15) is 11.6 Å². The molecule has 0 aromatic heterocycles. The van der Waals surface area contributed by atoms with Crippen LogP contribution in [-0.4, -0.2) is 43.0 Å². The first kappa shape index (κ1) is 20.6. The molecule has 1 aliphatic rings. The third kappa shape index (κ3) is 5.91. The third-order valence-electron chi connectivity index (χ3n) is 5.00. The van der Waals surface area contributed by atoms with Crippen LogP contribution >= 0.6 is 0 Å². The Morgan fingerprint density at radius 1 is 1.17 bits per heavy atom. The van der Waals surface area contributed by atoms with Crippen molar-refractivity contribution in [3.05, 3.63) is 71.6 Å². The number of methoxy groups -OCH3 is 1. The lowest BCUT2D eigenvalue weighted by molar-refractivity contribution is -0.131. The highest BCUT2D eigenvalue weighted by atomic mass is 19.1. The van der Waals surface area contributed by atoms with Gasteiger partial charge in [-0.05, 0) is 42.7 Å². The van der Waals surface area contributed by atoms with E-state index < -0.39 is 0 Å². The number of hydrogen-bond donors (Lipinski definition) is 1. The Kier molecular flexibility index (Phi) is 7.00. The van der Waals surface area contributed by atoms with Crippen molar-refractivity contribution in [2.75, 3.05) is 20.2 Å². The number of nitrogens with zero attached hydrogens (tertiary/aromatic N) is 1. The van der Waals surface area contributed by atoms with E-state index in [0.29, 0.717) is 43.7 Å². The summed E-state index contributed by atoms with van der Waals surface area (Å²) in [6, 6.07) is 13.6. The summed E-state index contributed by atoms with van der Waals surface area (Å²) in [6.07, 6.45) is 4.71. The summed E-state index contributed by atoms with van der Waals surface area (Å²) in [7, 11) is 1.60. The lowest BCUT2D eigenvalue weighted by Gasteiger charge is -2.32. The molecule has 2 aromatic carbocycles. The van der Waals surface area contributed by atoms with Crippen LogP contribution in [0.2, 0.25) is 0 Å². The van der Waals surface area contributed by atoms with E-state index in [2.05, 4.69) is 5.32 Å². The number of carbonyl (C=O) groups is 2. The summed E-state index contributed by atoms with van der Waals surface area (Å²) >= 11 is 0. The fourth-order valence-corrected chi connectivity index (χ4v) is 3.43. The molecule has 3 rings (SSSR count). The molecule has 29 heavy (non-hydrogen) atoms. The van der Waals surface area contributed by atoms with E-state index >= 15 is 0 Å². The molecule has 0 unspecified atom stereocenters. The number of para-hydroxylation sites is 1. The maximum absolute atomic E-state index is 13.2. The van der Waals surface area contributed by atoms with Gasteiger partial charge in [-0.3, -0.25) is 9.59 Å². The zero-order valence-electron chi connectivity index (χ0n) is 16.4. The van der Waals surface area contributed by atoms with Crippen LogP contribution in [0, 0.1) is 5.82 Å². The highest BCUT2D eigenvalue weighted by Gasteiger charge is 2.24. The van der Waals surface area contributed by atoms with E-state index in [4.69, 9.17) is 4.74 Å². The lowest BCUT2D eigenvalue weighted by Crippen LogP contribution is -2.46. The Bertz CT molecular complexity index is 889. The maximum atomic E-state index is 13.2. The van der Waals surface area contributed by atoms with E-state index in [0.717, 1.165) is 5.56 Å². The Morgan fingerprint density at radius 3 is 2.66 bits per heavy atom. The van der Waals surface area contributed by atoms with Gasteiger partial charge in [-0.1, -0.05) is 30.3 Å². The molecule has 152 valence electrons. The second-order valence-electron chi connectivity index (χ2n) is 7.04. The van der Waals surface area contributed by atoms with Gasteiger partial charge in [0.05, 0.1) is 13.5 Å². The summed E-state index contributed by atoms with van der Waals surface area (Å²) < 4.78 is 18.5. The van der Waals surface area contributed by atoms with E-state index in [-0.39, 0.29) is 23.7 Å². The van der Waals surface area contributed by atoms with Crippen molar-refractivity contribution in [2.24, 2.45) is 0 Å². The van der Waals surface area contributed by atoms with Crippen molar-refractivity contribution >= 4 is 17.9 Å². The number of hydrogen-bond acceptors (Lipinski definition) is 3. The number of benzene rings is 2. The van der Waals surface area contributed by atoms with Crippen LogP contribution in [0.25, 0.3) is 6.08 Å². The van der Waals surface area contributed by atoms with Crippen LogP contribution in [0.15, 0.2) is 54.6 Å². The number of rotatable bonds is 6. The van der Waals surface area contributed by atoms with Gasteiger partial charge < -0.3 is 15.0 Å². The Labute approximate surface area is 170 Å². The van der Waals surface area contributed by atoms with Crippen LogP contribution in [0.1, 0.15) is 24.0 Å². The van der Waals surface area contributed by atoms with Gasteiger partial charge >= 0.3 is 0 Å². The third-order valence-corrected chi connectivity index (χ3v) is 5.00. The van der Waals surface area contributed by atoms with Crippen LogP contribution < -0.4 is 10.1 Å². The first-order chi connectivity index (χ1) is 14.0. The van der Waals surface area contributed by atoms with Gasteiger partial charge in [0.15, 0.2) is 0 Å². The number of piperidine rings is 1. The Morgan fingerprint density at radius 2 is 1.93 bits per heavy atom. The average molecular weight is 396 g/mol. The monoisotopic (exact) mass is 396 g/mol. The summed E-state index contributed by atoms with van der Waals surface area (Å²) in [5, 5.41) is 2.95. The fourth-order valence-electron chi connectivity index (χ4n) is 3.43. The topological polar surface area (TPSA) is 58.6 Å². The molecule has 1 N–H and O–H groups in total. The molecule has 1 aliphatic heterocycles. The van der Waals surface area contributed by atoms with Crippen molar-refractivity contribution < 1.29 is 18.7 Å². The molecule has 0 spiro atoms. The first-order valence-corrected chi connectivity index (χ1v) is 9.69. The van der Waals surface area contributed by atoms with Crippen LogP contribution in [0.5, 0.6) is 5.75 Å². The molecule has 0 aliphatic carbocycles. The smallest absolute Gasteiger partial charge is 0.244 e. The minimum Gasteiger partial charge on any atom is -0.496 e. The molecule has 2 amide bonds. The number of nitrogens with one attached hydrogen (secondary N) is 1. The summed E-state index contributed by atoms with van der Waals surface area (Å²) in [5.74, 6) is 0.226. The van der Waals surface area contributed by atoms with Gasteiger partial charge in [-0.25, -0.2) is 4.39 Å². The molecule has 0 radical (unpaired) electrons. The summed E-state index contributed by atoms with van der Waals surface area (Å²) in [4.78, 5) is 26.5. The highest BCUT2D eigenvalue weighted by Crippen LogP contribution is 2.20. The number of carbonyl (C=O) groups excluding carboxylic acids is 2. The molecule has 1 fully saturated rings. The normalized spacial score (nSPS) is 14.8. The maximum Gasteiger partial charge on any atom is 0.244 e. The molecule has 1 saturated heterocycles. The Balaban J connectivity index is 1.46. The van der Waals surface area contributed by atoms with Crippen LogP contribution in [0.4, 0.5) is 4.39 Å². The summed E-state index contributed by atoms with van der Waals surface area (Å²) in [6.45, 7) is 1.21. The highest BCUT2D eigenvalue weighted by molar-refractivity contribution is 5.91.